The molecule has 0 fully saturated rings. The first-order chi connectivity index (χ1) is 13.7. The predicted molar refractivity (Wildman–Crippen MR) is 105 cm³/mol. The standard InChI is InChI=1S/C19H15N7O2/c1-28-14-9-7-12(8-10-14)21-18-23-24-19-22-16-15(17(27)25(18)19)11-20-26(16)13-5-3-2-4-6-13/h2-11,20H,1H3,(H,21,23). The number of nitrogens with one attached hydrogen (secondary N) is 2. The van der Waals surface area contributed by atoms with Gasteiger partial charge in [-0.15, -0.1) is 10.2 Å². The summed E-state index contributed by atoms with van der Waals surface area (Å²) in [4.78, 5) is 17.6. The number of benzene rings is 2. The Kier molecular flexibility index (Phi) is 3.58. The summed E-state index contributed by atoms with van der Waals surface area (Å²) in [5.41, 5.74) is 1.85. The van der Waals surface area contributed by atoms with Crippen molar-refractivity contribution in [2.24, 2.45) is 0 Å². The van der Waals surface area contributed by atoms with E-state index in [-0.39, 0.29) is 11.3 Å². The van der Waals surface area contributed by atoms with E-state index in [9.17, 15) is 4.79 Å². The summed E-state index contributed by atoms with van der Waals surface area (Å²) < 4.78 is 8.25. The van der Waals surface area contributed by atoms with Gasteiger partial charge in [-0.2, -0.15) is 4.98 Å². The highest BCUT2D eigenvalue weighted by Gasteiger charge is 2.16. The Morgan fingerprint density at radius 2 is 1.82 bits per heavy atom. The van der Waals surface area contributed by atoms with Gasteiger partial charge in [-0.3, -0.25) is 9.89 Å². The summed E-state index contributed by atoms with van der Waals surface area (Å²) in [5.74, 6) is 1.26. The molecule has 9 heteroatoms. The first-order valence-electron chi connectivity index (χ1n) is 8.56. The largest absolute Gasteiger partial charge is 0.497 e. The molecular formula is C19H15N7O2. The van der Waals surface area contributed by atoms with Crippen molar-refractivity contribution in [1.29, 1.82) is 0 Å². The van der Waals surface area contributed by atoms with Crippen molar-refractivity contribution in [3.63, 3.8) is 0 Å². The van der Waals surface area contributed by atoms with Gasteiger partial charge in [0.15, 0.2) is 5.65 Å². The van der Waals surface area contributed by atoms with Crippen LogP contribution in [0.25, 0.3) is 22.5 Å². The number of nitrogens with zero attached hydrogens (tertiary/aromatic N) is 5. The van der Waals surface area contributed by atoms with Crippen LogP contribution in [0.5, 0.6) is 5.75 Å². The molecule has 3 aromatic heterocycles. The quantitative estimate of drug-likeness (QED) is 0.502. The van der Waals surface area contributed by atoms with Gasteiger partial charge in [0.05, 0.1) is 12.8 Å². The number of rotatable bonds is 4. The molecule has 0 bridgehead atoms. The first-order valence-corrected chi connectivity index (χ1v) is 8.56. The Morgan fingerprint density at radius 1 is 1.04 bits per heavy atom. The zero-order chi connectivity index (χ0) is 19.1. The van der Waals surface area contributed by atoms with Crippen molar-refractivity contribution in [2.75, 3.05) is 12.4 Å². The molecular weight excluding hydrogens is 358 g/mol. The van der Waals surface area contributed by atoms with Crippen LogP contribution in [0.1, 0.15) is 0 Å². The Bertz CT molecular complexity index is 1330. The third kappa shape index (κ3) is 2.49. The van der Waals surface area contributed by atoms with Gasteiger partial charge in [0.2, 0.25) is 5.95 Å². The smallest absolute Gasteiger partial charge is 0.273 e. The third-order valence-corrected chi connectivity index (χ3v) is 4.44. The fraction of sp³-hybridized carbons (Fsp3) is 0.0526. The maximum absolute atomic E-state index is 13.1. The highest BCUT2D eigenvalue weighted by atomic mass is 16.5. The molecule has 0 saturated heterocycles. The molecule has 0 saturated carbocycles. The van der Waals surface area contributed by atoms with Crippen LogP contribution in [0.15, 0.2) is 65.6 Å². The molecule has 28 heavy (non-hydrogen) atoms. The van der Waals surface area contributed by atoms with Crippen LogP contribution in [0.4, 0.5) is 11.6 Å². The van der Waals surface area contributed by atoms with E-state index >= 15 is 0 Å². The lowest BCUT2D eigenvalue weighted by atomic mass is 10.3. The molecule has 0 aliphatic rings. The number of ether oxygens (including phenoxy) is 1. The fourth-order valence-corrected chi connectivity index (χ4v) is 3.05. The Labute approximate surface area is 158 Å². The van der Waals surface area contributed by atoms with E-state index in [1.165, 1.54) is 4.40 Å². The molecule has 0 spiro atoms. The third-order valence-electron chi connectivity index (χ3n) is 4.44. The van der Waals surface area contributed by atoms with E-state index in [2.05, 4.69) is 25.6 Å². The second-order valence-electron chi connectivity index (χ2n) is 6.11. The van der Waals surface area contributed by atoms with Crippen LogP contribution in [-0.4, -0.2) is 36.5 Å². The Morgan fingerprint density at radius 3 is 2.57 bits per heavy atom. The molecule has 138 valence electrons. The number of aromatic nitrogens is 6. The minimum atomic E-state index is -0.257. The maximum Gasteiger partial charge on any atom is 0.273 e. The normalized spacial score (nSPS) is 11.2. The first kappa shape index (κ1) is 16.1. The molecule has 0 amide bonds. The van der Waals surface area contributed by atoms with Gasteiger partial charge in [-0.05, 0) is 36.4 Å². The zero-order valence-electron chi connectivity index (χ0n) is 14.8. The van der Waals surface area contributed by atoms with Crippen molar-refractivity contribution >= 4 is 28.4 Å². The highest BCUT2D eigenvalue weighted by molar-refractivity contribution is 5.77. The highest BCUT2D eigenvalue weighted by Crippen LogP contribution is 2.20. The molecule has 0 atom stereocenters. The molecule has 2 N–H and O–H groups in total. The lowest BCUT2D eigenvalue weighted by Crippen LogP contribution is -2.16. The molecule has 0 radical (unpaired) electrons. The molecule has 2 aromatic carbocycles. The van der Waals surface area contributed by atoms with Gasteiger partial charge in [0, 0.05) is 11.9 Å². The monoisotopic (exact) mass is 373 g/mol. The van der Waals surface area contributed by atoms with E-state index in [4.69, 9.17) is 4.74 Å². The van der Waals surface area contributed by atoms with E-state index < -0.39 is 0 Å². The number of hydrogen-bond donors (Lipinski definition) is 2. The summed E-state index contributed by atoms with van der Waals surface area (Å²) in [6, 6.07) is 16.9. The topological polar surface area (TPSA) is 102 Å². The van der Waals surface area contributed by atoms with Crippen LogP contribution in [-0.2, 0) is 0 Å². The van der Waals surface area contributed by atoms with E-state index in [1.807, 2.05) is 54.6 Å². The van der Waals surface area contributed by atoms with Crippen LogP contribution in [0.3, 0.4) is 0 Å². The minimum Gasteiger partial charge on any atom is -0.497 e. The lowest BCUT2D eigenvalue weighted by molar-refractivity contribution is 0.415. The minimum absolute atomic E-state index is 0.220. The number of anilines is 2. The summed E-state index contributed by atoms with van der Waals surface area (Å²) in [7, 11) is 1.60. The molecule has 0 aliphatic heterocycles. The summed E-state index contributed by atoms with van der Waals surface area (Å²) in [6.45, 7) is 0. The second kappa shape index (κ2) is 6.23. The number of hydrogen-bond acceptors (Lipinski definition) is 6. The van der Waals surface area contributed by atoms with E-state index in [1.54, 1.807) is 18.0 Å². The molecule has 0 aliphatic carbocycles. The average Bonchev–Trinajstić information content (AvgIpc) is 3.34. The SMILES string of the molecule is COc1ccc(Nc2nnc3nc4c(c[nH]n4-c4ccccc4)c(=O)n23)cc1. The second-order valence-corrected chi connectivity index (χ2v) is 6.11. The zero-order valence-corrected chi connectivity index (χ0v) is 14.8. The van der Waals surface area contributed by atoms with Gasteiger partial charge < -0.3 is 10.1 Å². The summed E-state index contributed by atoms with van der Waals surface area (Å²) in [5, 5.41) is 14.8. The van der Waals surface area contributed by atoms with Crippen LogP contribution < -0.4 is 15.6 Å². The van der Waals surface area contributed by atoms with Crippen LogP contribution in [0, 0.1) is 0 Å². The van der Waals surface area contributed by atoms with E-state index in [0.717, 1.165) is 17.1 Å². The number of para-hydroxylation sites is 1. The maximum atomic E-state index is 13.1. The Hall–Kier alpha value is -4.14. The van der Waals surface area contributed by atoms with Gasteiger partial charge >= 0.3 is 0 Å². The lowest BCUT2D eigenvalue weighted by Gasteiger charge is -2.06. The fourth-order valence-electron chi connectivity index (χ4n) is 3.05. The van der Waals surface area contributed by atoms with Crippen molar-refractivity contribution in [3.05, 3.63) is 71.1 Å². The predicted octanol–water partition coefficient (Wildman–Crippen LogP) is 2.51. The number of methoxy groups -OCH3 is 1. The molecule has 3 heterocycles. The van der Waals surface area contributed by atoms with Crippen molar-refractivity contribution in [3.8, 4) is 11.4 Å². The molecule has 5 rings (SSSR count). The van der Waals surface area contributed by atoms with Crippen LogP contribution >= 0.6 is 0 Å². The Balaban J connectivity index is 1.63. The summed E-state index contributed by atoms with van der Waals surface area (Å²) in [6.07, 6.45) is 1.63. The average molecular weight is 373 g/mol. The molecule has 9 nitrogen and oxygen atoms in total. The number of fused-ring (bicyclic) bond motifs is 2. The van der Waals surface area contributed by atoms with Crippen LogP contribution in [0.2, 0.25) is 0 Å². The molecule has 5 aromatic rings. The van der Waals surface area contributed by atoms with Gasteiger partial charge in [0.25, 0.3) is 11.3 Å². The van der Waals surface area contributed by atoms with Crippen molar-refractivity contribution < 1.29 is 4.74 Å². The number of aromatic amines is 1. The van der Waals surface area contributed by atoms with Gasteiger partial charge in [-0.25, -0.2) is 9.08 Å². The van der Waals surface area contributed by atoms with Crippen molar-refractivity contribution in [1.82, 2.24) is 29.4 Å². The van der Waals surface area contributed by atoms with Gasteiger partial charge in [0.1, 0.15) is 11.1 Å². The van der Waals surface area contributed by atoms with Crippen molar-refractivity contribution in [2.45, 2.75) is 0 Å². The van der Waals surface area contributed by atoms with Gasteiger partial charge in [-0.1, -0.05) is 18.2 Å². The molecule has 0 unspecified atom stereocenters. The number of H-pyrrole nitrogens is 1. The summed E-state index contributed by atoms with van der Waals surface area (Å²) >= 11 is 0. The van der Waals surface area contributed by atoms with E-state index in [0.29, 0.717) is 17.0 Å².